The van der Waals surface area contributed by atoms with Gasteiger partial charge in [0.05, 0.1) is 0 Å². The van der Waals surface area contributed by atoms with Gasteiger partial charge in [0.1, 0.15) is 0 Å². The number of carbonyl (C=O) groups excluding carboxylic acids is 2. The van der Waals surface area contributed by atoms with E-state index >= 15 is 0 Å². The first-order chi connectivity index (χ1) is 23.6. The van der Waals surface area contributed by atoms with E-state index in [9.17, 15) is 9.59 Å². The molecular weight excluding hydrogens is 609 g/mol. The highest BCUT2D eigenvalue weighted by Crippen LogP contribution is 2.75. The van der Waals surface area contributed by atoms with E-state index in [1.807, 2.05) is 60.7 Å². The second-order valence-corrected chi connectivity index (χ2v) is 19.1. The maximum atomic E-state index is 13.8. The van der Waals surface area contributed by atoms with Crippen LogP contribution in [0.1, 0.15) is 124 Å². The number of rotatable bonds is 7. The fraction of sp³-hybridized carbons (Fsp3) is 0.542. The van der Waals surface area contributed by atoms with Crippen molar-refractivity contribution in [1.29, 1.82) is 0 Å². The summed E-state index contributed by atoms with van der Waals surface area (Å²) in [6.07, 6.45) is 23.8. The molecular formula is C48H60O2. The van der Waals surface area contributed by atoms with Gasteiger partial charge in [-0.05, 0) is 137 Å². The van der Waals surface area contributed by atoms with Crippen LogP contribution in [0.3, 0.4) is 0 Å². The van der Waals surface area contributed by atoms with Crippen LogP contribution in [0.2, 0.25) is 0 Å². The first-order valence-electron chi connectivity index (χ1n) is 19.6. The van der Waals surface area contributed by atoms with Gasteiger partial charge in [0.15, 0.2) is 11.6 Å². The Morgan fingerprint density at radius 1 is 0.700 bits per heavy atom. The Bertz CT molecular complexity index is 1760. The first kappa shape index (κ1) is 35.2. The smallest absolute Gasteiger partial charge is 0.159 e. The van der Waals surface area contributed by atoms with Gasteiger partial charge in [-0.2, -0.15) is 0 Å². The summed E-state index contributed by atoms with van der Waals surface area (Å²) in [5, 5.41) is 0. The molecule has 0 aliphatic heterocycles. The molecule has 0 radical (unpaired) electrons. The molecule has 0 bridgehead atoms. The molecule has 0 saturated heterocycles. The summed E-state index contributed by atoms with van der Waals surface area (Å²) in [5.74, 6) is 1.60. The molecule has 0 heterocycles. The third-order valence-corrected chi connectivity index (χ3v) is 15.8. The molecule has 2 heteroatoms. The molecule has 5 aliphatic carbocycles. The zero-order valence-corrected chi connectivity index (χ0v) is 31.9. The van der Waals surface area contributed by atoms with E-state index in [2.05, 4.69) is 84.9 Å². The van der Waals surface area contributed by atoms with Crippen LogP contribution in [0.25, 0.3) is 12.2 Å². The lowest BCUT2D eigenvalue weighted by Crippen LogP contribution is -2.60. The summed E-state index contributed by atoms with van der Waals surface area (Å²) < 4.78 is 0. The highest BCUT2D eigenvalue weighted by Gasteiger charge is 2.66. The third-order valence-electron chi connectivity index (χ3n) is 15.8. The fourth-order valence-corrected chi connectivity index (χ4v) is 12.4. The van der Waals surface area contributed by atoms with E-state index in [0.29, 0.717) is 23.7 Å². The van der Waals surface area contributed by atoms with Gasteiger partial charge in [0.2, 0.25) is 0 Å². The number of ketones is 2. The lowest BCUT2D eigenvalue weighted by atomic mass is 9.35. The van der Waals surface area contributed by atoms with Gasteiger partial charge < -0.3 is 0 Å². The van der Waals surface area contributed by atoms with Crippen LogP contribution in [0.15, 0.2) is 96.1 Å². The van der Waals surface area contributed by atoms with Gasteiger partial charge in [-0.1, -0.05) is 133 Å². The summed E-state index contributed by atoms with van der Waals surface area (Å²) in [6.45, 7) is 17.5. The van der Waals surface area contributed by atoms with Crippen LogP contribution in [0.4, 0.5) is 0 Å². The van der Waals surface area contributed by atoms with Gasteiger partial charge in [-0.15, -0.1) is 0 Å². The highest BCUT2D eigenvalue weighted by atomic mass is 16.1. The Hall–Kier alpha value is -3.26. The van der Waals surface area contributed by atoms with Crippen molar-refractivity contribution >= 4 is 23.7 Å². The Labute approximate surface area is 302 Å². The lowest BCUT2D eigenvalue weighted by Gasteiger charge is -2.69. The number of allylic oxidation sites excluding steroid dienone is 6. The number of carbonyl (C=O) groups is 2. The van der Waals surface area contributed by atoms with E-state index in [4.69, 9.17) is 0 Å². The fourth-order valence-electron chi connectivity index (χ4n) is 12.4. The van der Waals surface area contributed by atoms with Gasteiger partial charge >= 0.3 is 0 Å². The van der Waals surface area contributed by atoms with Crippen LogP contribution in [-0.2, 0) is 9.59 Å². The molecule has 0 amide bonds. The van der Waals surface area contributed by atoms with Crippen LogP contribution in [-0.4, -0.2) is 11.6 Å². The van der Waals surface area contributed by atoms with Crippen LogP contribution >= 0.6 is 0 Å². The van der Waals surface area contributed by atoms with E-state index < -0.39 is 0 Å². The molecule has 3 fully saturated rings. The molecule has 2 aromatic rings. The zero-order chi connectivity index (χ0) is 35.6. The Morgan fingerprint density at radius 3 is 1.98 bits per heavy atom. The molecule has 0 unspecified atom stereocenters. The summed E-state index contributed by atoms with van der Waals surface area (Å²) in [6, 6.07) is 20.4. The van der Waals surface area contributed by atoms with Crippen molar-refractivity contribution in [2.45, 2.75) is 113 Å². The van der Waals surface area contributed by atoms with Crippen LogP contribution in [0, 0.1) is 50.2 Å². The molecule has 2 nitrogen and oxygen atoms in total. The third kappa shape index (κ3) is 5.68. The Kier molecular flexibility index (Phi) is 8.76. The largest absolute Gasteiger partial charge is 0.295 e. The Balaban J connectivity index is 1.13. The molecule has 264 valence electrons. The summed E-state index contributed by atoms with van der Waals surface area (Å²) in [5.41, 5.74) is 6.00. The van der Waals surface area contributed by atoms with Gasteiger partial charge in [-0.25, -0.2) is 0 Å². The summed E-state index contributed by atoms with van der Waals surface area (Å²) in [4.78, 5) is 27.2. The topological polar surface area (TPSA) is 34.1 Å². The predicted octanol–water partition coefficient (Wildman–Crippen LogP) is 12.3. The van der Waals surface area contributed by atoms with Crippen molar-refractivity contribution < 1.29 is 9.59 Å². The highest BCUT2D eigenvalue weighted by molar-refractivity contribution is 5.96. The molecule has 0 aromatic heterocycles. The van der Waals surface area contributed by atoms with E-state index in [1.165, 1.54) is 19.3 Å². The van der Waals surface area contributed by atoms with Crippen molar-refractivity contribution in [2.75, 3.05) is 0 Å². The second-order valence-electron chi connectivity index (χ2n) is 19.1. The minimum absolute atomic E-state index is 0.0233. The summed E-state index contributed by atoms with van der Waals surface area (Å²) >= 11 is 0. The number of hydrogen-bond acceptors (Lipinski definition) is 2. The average molecular weight is 669 g/mol. The first-order valence-corrected chi connectivity index (χ1v) is 19.6. The Morgan fingerprint density at radius 2 is 1.32 bits per heavy atom. The van der Waals surface area contributed by atoms with Crippen molar-refractivity contribution in [2.24, 2.45) is 50.2 Å². The maximum absolute atomic E-state index is 13.8. The SMILES string of the molecule is CC1(C)[C@H](C(=O)/C=C/c2ccccc2)CC[C@]2(C)C3=CC[C@@]4(C)[C@@H]5C[C@](C)(CC(=O)/C=C/c6ccccc6)CC[C@]5(C)CC[C@]4(C)C3=CC[C@@H]12. The molecule has 5 aliphatic rings. The van der Waals surface area contributed by atoms with Gasteiger partial charge in [-0.3, -0.25) is 9.59 Å². The zero-order valence-electron chi connectivity index (χ0n) is 31.9. The minimum atomic E-state index is -0.0898. The van der Waals surface area contributed by atoms with E-state index in [1.54, 1.807) is 11.1 Å². The molecule has 8 atom stereocenters. The quantitative estimate of drug-likeness (QED) is 0.275. The molecule has 0 N–H and O–H groups in total. The van der Waals surface area contributed by atoms with E-state index in [-0.39, 0.29) is 44.6 Å². The van der Waals surface area contributed by atoms with Crippen molar-refractivity contribution in [3.05, 3.63) is 107 Å². The molecule has 2 aromatic carbocycles. The van der Waals surface area contributed by atoms with Gasteiger partial charge in [0, 0.05) is 12.3 Å². The monoisotopic (exact) mass is 668 g/mol. The van der Waals surface area contributed by atoms with E-state index in [0.717, 1.165) is 49.7 Å². The minimum Gasteiger partial charge on any atom is -0.295 e. The molecule has 3 saturated carbocycles. The second kappa shape index (κ2) is 12.5. The lowest BCUT2D eigenvalue weighted by molar-refractivity contribution is -0.148. The van der Waals surface area contributed by atoms with Crippen molar-refractivity contribution in [3.8, 4) is 0 Å². The van der Waals surface area contributed by atoms with Crippen LogP contribution in [0.5, 0.6) is 0 Å². The number of fused-ring (bicyclic) bond motifs is 7. The standard InChI is InChI=1S/C48H60O2/c1-43(2)39(40(50)22-19-35-16-12-9-13-17-35)24-26-46(5)37-25-27-48(7)42-33-44(3,32-36(49)20-18-34-14-10-8-11-15-34)28-29-45(42,4)30-31-47(48,6)38(37)21-23-41(43)46/h8-22,25,39,41-42H,23-24,26-33H2,1-7H3/b20-18+,22-19+/t39-,41-,42+,44-,45+,46+,47+,48-/m0/s1. The average Bonchev–Trinajstić information content (AvgIpc) is 3.09. The normalized spacial score (nSPS) is 39.1. The molecule has 0 spiro atoms. The number of benzene rings is 2. The summed E-state index contributed by atoms with van der Waals surface area (Å²) in [7, 11) is 0. The molecule has 7 rings (SSSR count). The van der Waals surface area contributed by atoms with Crippen molar-refractivity contribution in [3.63, 3.8) is 0 Å². The molecule has 50 heavy (non-hydrogen) atoms. The predicted molar refractivity (Wildman–Crippen MR) is 208 cm³/mol. The van der Waals surface area contributed by atoms with Crippen molar-refractivity contribution in [1.82, 2.24) is 0 Å². The number of hydrogen-bond donors (Lipinski definition) is 0. The van der Waals surface area contributed by atoms with Gasteiger partial charge in [0.25, 0.3) is 0 Å². The maximum Gasteiger partial charge on any atom is 0.159 e. The van der Waals surface area contributed by atoms with Crippen LogP contribution < -0.4 is 0 Å².